The Bertz CT molecular complexity index is 720. The average Bonchev–Trinajstić information content (AvgIpc) is 3.17. The van der Waals surface area contributed by atoms with Gasteiger partial charge in [-0.2, -0.15) is 4.31 Å². The number of hydrogen-bond donors (Lipinski definition) is 0. The maximum Gasteiger partial charge on any atom is 0.262 e. The molecule has 3 rings (SSSR count). The number of aryl methyl sites for hydroxylation is 2. The van der Waals surface area contributed by atoms with E-state index in [1.54, 1.807) is 31.7 Å². The lowest BCUT2D eigenvalue weighted by Crippen LogP contribution is -2.49. The van der Waals surface area contributed by atoms with Gasteiger partial charge >= 0.3 is 0 Å². The summed E-state index contributed by atoms with van der Waals surface area (Å²) in [6, 6.07) is 0.0520. The Hall–Kier alpha value is -1.45. The largest absolute Gasteiger partial charge is 0.381 e. The topological polar surface area (TPSA) is 84.7 Å². The van der Waals surface area contributed by atoms with Crippen LogP contribution in [0.5, 0.6) is 0 Å². The van der Waals surface area contributed by atoms with E-state index < -0.39 is 10.0 Å². The van der Waals surface area contributed by atoms with E-state index in [4.69, 9.17) is 4.74 Å². The normalized spacial score (nSPS) is 23.1. The molecule has 2 fully saturated rings. The quantitative estimate of drug-likeness (QED) is 0.771. The molecule has 2 saturated heterocycles. The first-order chi connectivity index (χ1) is 11.8. The summed E-state index contributed by atoms with van der Waals surface area (Å²) in [7, 11) is -1.85. The molecule has 0 aromatic carbocycles. The molecule has 2 aliphatic rings. The number of carbonyl (C=O) groups excluding carboxylic acids is 1. The summed E-state index contributed by atoms with van der Waals surface area (Å²) < 4.78 is 34.2. The highest BCUT2D eigenvalue weighted by Crippen LogP contribution is 2.27. The minimum absolute atomic E-state index is 0.00447. The van der Waals surface area contributed by atoms with Crippen molar-refractivity contribution in [3.8, 4) is 0 Å². The lowest BCUT2D eigenvalue weighted by atomic mass is 10.0. The Morgan fingerprint density at radius 1 is 1.28 bits per heavy atom. The SMILES string of the molecule is CC(=O)N(C1CCOCC1)C1CCN(S(=O)(=O)c2cn(C)c(C)n2)C1. The molecule has 140 valence electrons. The fourth-order valence-corrected chi connectivity index (χ4v) is 5.23. The Labute approximate surface area is 148 Å². The maximum absolute atomic E-state index is 12.8. The van der Waals surface area contributed by atoms with Crippen molar-refractivity contribution in [1.29, 1.82) is 0 Å². The Morgan fingerprint density at radius 2 is 1.96 bits per heavy atom. The van der Waals surface area contributed by atoms with E-state index in [2.05, 4.69) is 4.98 Å². The summed E-state index contributed by atoms with van der Waals surface area (Å²) in [6.07, 6.45) is 3.81. The van der Waals surface area contributed by atoms with E-state index in [1.807, 2.05) is 4.90 Å². The van der Waals surface area contributed by atoms with Crippen LogP contribution in [-0.4, -0.2) is 71.5 Å². The second-order valence-corrected chi connectivity index (χ2v) is 8.70. The first-order valence-corrected chi connectivity index (χ1v) is 10.1. The van der Waals surface area contributed by atoms with Crippen LogP contribution in [0.4, 0.5) is 0 Å². The molecule has 0 bridgehead atoms. The van der Waals surface area contributed by atoms with Crippen LogP contribution < -0.4 is 0 Å². The van der Waals surface area contributed by atoms with Crippen LogP contribution in [-0.2, 0) is 26.6 Å². The number of aromatic nitrogens is 2. The van der Waals surface area contributed by atoms with Crippen LogP contribution in [0.25, 0.3) is 0 Å². The minimum atomic E-state index is -3.62. The number of ether oxygens (including phenoxy) is 1. The highest BCUT2D eigenvalue weighted by molar-refractivity contribution is 7.89. The average molecular weight is 370 g/mol. The summed E-state index contributed by atoms with van der Waals surface area (Å²) in [5.41, 5.74) is 0. The molecule has 0 radical (unpaired) electrons. The van der Waals surface area contributed by atoms with Crippen LogP contribution in [0, 0.1) is 6.92 Å². The molecule has 1 aromatic heterocycles. The second kappa shape index (κ2) is 7.05. The Kier molecular flexibility index (Phi) is 5.17. The van der Waals surface area contributed by atoms with Crippen LogP contribution in [0.1, 0.15) is 32.0 Å². The highest BCUT2D eigenvalue weighted by atomic mass is 32.2. The van der Waals surface area contributed by atoms with Gasteiger partial charge in [0.1, 0.15) is 5.82 Å². The van der Waals surface area contributed by atoms with Crippen molar-refractivity contribution >= 4 is 15.9 Å². The summed E-state index contributed by atoms with van der Waals surface area (Å²) >= 11 is 0. The van der Waals surface area contributed by atoms with Crippen molar-refractivity contribution < 1.29 is 17.9 Å². The molecule has 25 heavy (non-hydrogen) atoms. The van der Waals surface area contributed by atoms with Gasteiger partial charge in [0.05, 0.1) is 0 Å². The van der Waals surface area contributed by atoms with Gasteiger partial charge in [-0.3, -0.25) is 4.79 Å². The standard InChI is InChI=1S/C16H26N4O4S/c1-12-17-16(11-18(12)3)25(22,23)19-7-4-15(10-19)20(13(2)21)14-5-8-24-9-6-14/h11,14-15H,4-10H2,1-3H3. The fourth-order valence-electron chi connectivity index (χ4n) is 3.71. The first-order valence-electron chi connectivity index (χ1n) is 8.67. The van der Waals surface area contributed by atoms with Gasteiger partial charge in [0.25, 0.3) is 10.0 Å². The van der Waals surface area contributed by atoms with Gasteiger partial charge in [-0.1, -0.05) is 0 Å². The smallest absolute Gasteiger partial charge is 0.262 e. The lowest BCUT2D eigenvalue weighted by molar-refractivity contribution is -0.135. The van der Waals surface area contributed by atoms with Gasteiger partial charge in [0, 0.05) is 58.6 Å². The number of rotatable bonds is 4. The van der Waals surface area contributed by atoms with Gasteiger partial charge in [-0.15, -0.1) is 0 Å². The number of hydrogen-bond acceptors (Lipinski definition) is 5. The fraction of sp³-hybridized carbons (Fsp3) is 0.750. The summed E-state index contributed by atoms with van der Waals surface area (Å²) in [5.74, 6) is 0.659. The van der Waals surface area contributed by atoms with Crippen molar-refractivity contribution in [3.63, 3.8) is 0 Å². The van der Waals surface area contributed by atoms with E-state index in [9.17, 15) is 13.2 Å². The van der Waals surface area contributed by atoms with Gasteiger partial charge in [0.2, 0.25) is 5.91 Å². The van der Waals surface area contributed by atoms with Crippen LogP contribution in [0.2, 0.25) is 0 Å². The molecule has 9 heteroatoms. The number of imidazole rings is 1. The summed E-state index contributed by atoms with van der Waals surface area (Å²) in [6.45, 7) is 5.38. The molecule has 1 atom stereocenters. The molecule has 0 aliphatic carbocycles. The van der Waals surface area contributed by atoms with Gasteiger partial charge in [0.15, 0.2) is 5.03 Å². The van der Waals surface area contributed by atoms with Gasteiger partial charge < -0.3 is 14.2 Å². The first kappa shape index (κ1) is 18.3. The summed E-state index contributed by atoms with van der Waals surface area (Å²) in [5, 5.41) is 0.0774. The van der Waals surface area contributed by atoms with E-state index in [0.29, 0.717) is 38.5 Å². The summed E-state index contributed by atoms with van der Waals surface area (Å²) in [4.78, 5) is 18.2. The third-order valence-corrected chi connectivity index (χ3v) is 6.89. The van der Waals surface area contributed by atoms with Crippen LogP contribution >= 0.6 is 0 Å². The Morgan fingerprint density at radius 3 is 2.52 bits per heavy atom. The highest BCUT2D eigenvalue weighted by Gasteiger charge is 2.39. The molecule has 2 aliphatic heterocycles. The number of amides is 1. The third kappa shape index (κ3) is 3.58. The maximum atomic E-state index is 12.8. The predicted octanol–water partition coefficient (Wildman–Crippen LogP) is 0.519. The zero-order chi connectivity index (χ0) is 18.2. The molecule has 0 saturated carbocycles. The monoisotopic (exact) mass is 370 g/mol. The molecule has 1 amide bonds. The zero-order valence-electron chi connectivity index (χ0n) is 15.0. The minimum Gasteiger partial charge on any atom is -0.381 e. The zero-order valence-corrected chi connectivity index (χ0v) is 15.8. The van der Waals surface area contributed by atoms with Crippen molar-refractivity contribution in [2.24, 2.45) is 7.05 Å². The molecule has 1 unspecified atom stereocenters. The second-order valence-electron chi connectivity index (χ2n) is 6.81. The molecule has 1 aromatic rings. The van der Waals surface area contributed by atoms with Crippen molar-refractivity contribution in [2.45, 2.75) is 50.2 Å². The van der Waals surface area contributed by atoms with Crippen LogP contribution in [0.3, 0.4) is 0 Å². The van der Waals surface area contributed by atoms with Crippen LogP contribution in [0.15, 0.2) is 11.2 Å². The van der Waals surface area contributed by atoms with E-state index in [0.717, 1.165) is 12.8 Å². The van der Waals surface area contributed by atoms with Crippen molar-refractivity contribution in [3.05, 3.63) is 12.0 Å². The van der Waals surface area contributed by atoms with Crippen molar-refractivity contribution in [2.75, 3.05) is 26.3 Å². The number of sulfonamides is 1. The lowest BCUT2D eigenvalue weighted by Gasteiger charge is -2.37. The molecule has 3 heterocycles. The molecule has 8 nitrogen and oxygen atoms in total. The van der Waals surface area contributed by atoms with Gasteiger partial charge in [-0.25, -0.2) is 13.4 Å². The predicted molar refractivity (Wildman–Crippen MR) is 91.5 cm³/mol. The van der Waals surface area contributed by atoms with E-state index in [1.165, 1.54) is 4.31 Å². The Balaban J connectivity index is 1.76. The molecule has 0 N–H and O–H groups in total. The van der Waals surface area contributed by atoms with Gasteiger partial charge in [-0.05, 0) is 26.2 Å². The molecular weight excluding hydrogens is 344 g/mol. The molecular formula is C16H26N4O4S. The number of nitrogens with zero attached hydrogens (tertiary/aromatic N) is 4. The van der Waals surface area contributed by atoms with Crippen molar-refractivity contribution in [1.82, 2.24) is 18.8 Å². The van der Waals surface area contributed by atoms with E-state index in [-0.39, 0.29) is 23.0 Å². The third-order valence-electron chi connectivity index (χ3n) is 5.16. The number of carbonyl (C=O) groups is 1. The molecule has 0 spiro atoms. The van der Waals surface area contributed by atoms with E-state index >= 15 is 0 Å².